The zero-order valence-corrected chi connectivity index (χ0v) is 13.9. The van der Waals surface area contributed by atoms with Crippen LogP contribution >= 0.6 is 11.6 Å². The zero-order valence-electron chi connectivity index (χ0n) is 13.2. The fraction of sp³-hybridized carbons (Fsp3) is 0.294. The zero-order chi connectivity index (χ0) is 17.1. The van der Waals surface area contributed by atoms with Crippen LogP contribution in [0.25, 0.3) is 0 Å². The molecule has 2 rings (SSSR count). The highest BCUT2D eigenvalue weighted by molar-refractivity contribution is 6.30. The minimum absolute atomic E-state index is 0.0237. The number of aromatic carboxylic acids is 1. The number of furan rings is 1. The first-order valence-electron chi connectivity index (χ1n) is 7.23. The number of aryl methyl sites for hydroxylation is 1. The molecule has 6 heteroatoms. The predicted octanol–water partition coefficient (Wildman–Crippen LogP) is 4.03. The van der Waals surface area contributed by atoms with Gasteiger partial charge in [-0.15, -0.1) is 0 Å². The predicted molar refractivity (Wildman–Crippen MR) is 87.0 cm³/mol. The molecule has 2 aromatic rings. The van der Waals surface area contributed by atoms with Crippen LogP contribution in [0.1, 0.15) is 52.1 Å². The highest BCUT2D eigenvalue weighted by atomic mass is 35.5. The molecule has 0 aliphatic heterocycles. The molecule has 1 unspecified atom stereocenters. The Morgan fingerprint density at radius 3 is 2.57 bits per heavy atom. The van der Waals surface area contributed by atoms with Crippen molar-refractivity contribution < 1.29 is 19.1 Å². The van der Waals surface area contributed by atoms with E-state index in [0.29, 0.717) is 17.2 Å². The molecule has 1 aromatic carbocycles. The molecule has 23 heavy (non-hydrogen) atoms. The van der Waals surface area contributed by atoms with Crippen LogP contribution in [0.3, 0.4) is 0 Å². The van der Waals surface area contributed by atoms with Crippen molar-refractivity contribution in [3.63, 3.8) is 0 Å². The van der Waals surface area contributed by atoms with Crippen LogP contribution in [0.2, 0.25) is 5.02 Å². The molecule has 0 bridgehead atoms. The lowest BCUT2D eigenvalue weighted by atomic mass is 10.1. The number of amides is 1. The standard InChI is InChI=1S/C17H18ClNO4/c1-4-14-13(17(21)22)9-15(23-14)16(20)19(3)10(2)11-6-5-7-12(18)8-11/h5-10H,4H2,1-3H3,(H,21,22). The van der Waals surface area contributed by atoms with Crippen LogP contribution in [0.5, 0.6) is 0 Å². The molecule has 0 fully saturated rings. The largest absolute Gasteiger partial charge is 0.478 e. The van der Waals surface area contributed by atoms with E-state index in [0.717, 1.165) is 5.56 Å². The van der Waals surface area contributed by atoms with Crippen LogP contribution in [0, 0.1) is 0 Å². The summed E-state index contributed by atoms with van der Waals surface area (Å²) in [5.41, 5.74) is 0.911. The summed E-state index contributed by atoms with van der Waals surface area (Å²) in [6, 6.07) is 8.30. The topological polar surface area (TPSA) is 70.8 Å². The number of hydrogen-bond donors (Lipinski definition) is 1. The lowest BCUT2D eigenvalue weighted by Crippen LogP contribution is -2.29. The Hall–Kier alpha value is -2.27. The Labute approximate surface area is 139 Å². The molecule has 122 valence electrons. The van der Waals surface area contributed by atoms with E-state index in [1.54, 1.807) is 26.1 Å². The van der Waals surface area contributed by atoms with E-state index < -0.39 is 5.97 Å². The van der Waals surface area contributed by atoms with Gasteiger partial charge in [0.05, 0.1) is 6.04 Å². The monoisotopic (exact) mass is 335 g/mol. The minimum Gasteiger partial charge on any atom is -0.478 e. The highest BCUT2D eigenvalue weighted by Gasteiger charge is 2.25. The summed E-state index contributed by atoms with van der Waals surface area (Å²) >= 11 is 5.98. The summed E-state index contributed by atoms with van der Waals surface area (Å²) in [6.45, 7) is 3.64. The molecule has 1 aromatic heterocycles. The molecule has 0 saturated carbocycles. The summed E-state index contributed by atoms with van der Waals surface area (Å²) in [4.78, 5) is 25.2. The average molecular weight is 336 g/mol. The lowest BCUT2D eigenvalue weighted by Gasteiger charge is -2.24. The van der Waals surface area contributed by atoms with Gasteiger partial charge in [-0.2, -0.15) is 0 Å². The fourth-order valence-corrected chi connectivity index (χ4v) is 2.52. The first kappa shape index (κ1) is 17.1. The number of carboxylic acids is 1. The Morgan fingerprint density at radius 2 is 2.04 bits per heavy atom. The maximum absolute atomic E-state index is 12.6. The number of benzene rings is 1. The maximum atomic E-state index is 12.6. The number of hydrogen-bond acceptors (Lipinski definition) is 3. The number of carbonyl (C=O) groups is 2. The molecule has 0 aliphatic rings. The van der Waals surface area contributed by atoms with E-state index in [-0.39, 0.29) is 23.3 Å². The lowest BCUT2D eigenvalue weighted by molar-refractivity contribution is 0.0689. The van der Waals surface area contributed by atoms with Crippen LogP contribution in [-0.4, -0.2) is 28.9 Å². The van der Waals surface area contributed by atoms with Gasteiger partial charge in [0.2, 0.25) is 0 Å². The molecule has 1 amide bonds. The van der Waals surface area contributed by atoms with Gasteiger partial charge in [-0.25, -0.2) is 4.79 Å². The van der Waals surface area contributed by atoms with E-state index >= 15 is 0 Å². The Balaban J connectivity index is 2.27. The molecule has 0 spiro atoms. The van der Waals surface area contributed by atoms with E-state index in [4.69, 9.17) is 21.1 Å². The molecular formula is C17H18ClNO4. The molecule has 0 aliphatic carbocycles. The molecule has 0 radical (unpaired) electrons. The summed E-state index contributed by atoms with van der Waals surface area (Å²) in [5.74, 6) is -1.16. The van der Waals surface area contributed by atoms with Crippen molar-refractivity contribution in [3.05, 3.63) is 58.0 Å². The molecule has 1 heterocycles. The second-order valence-electron chi connectivity index (χ2n) is 5.25. The second kappa shape index (κ2) is 6.87. The van der Waals surface area contributed by atoms with Crippen LogP contribution < -0.4 is 0 Å². The third-order valence-corrected chi connectivity index (χ3v) is 4.04. The van der Waals surface area contributed by atoms with Gasteiger partial charge in [0.1, 0.15) is 11.3 Å². The van der Waals surface area contributed by atoms with E-state index in [1.165, 1.54) is 11.0 Å². The second-order valence-corrected chi connectivity index (χ2v) is 5.69. The SMILES string of the molecule is CCc1oc(C(=O)N(C)C(C)c2cccc(Cl)c2)cc1C(=O)O. The number of halogens is 1. The van der Waals surface area contributed by atoms with Gasteiger partial charge in [0, 0.05) is 24.6 Å². The summed E-state index contributed by atoms with van der Waals surface area (Å²) in [7, 11) is 1.64. The van der Waals surface area contributed by atoms with Crippen molar-refractivity contribution in [2.24, 2.45) is 0 Å². The Kier molecular flexibility index (Phi) is 5.11. The van der Waals surface area contributed by atoms with Gasteiger partial charge in [0.15, 0.2) is 5.76 Å². The smallest absolute Gasteiger partial charge is 0.339 e. The highest BCUT2D eigenvalue weighted by Crippen LogP contribution is 2.25. The van der Waals surface area contributed by atoms with Crippen molar-refractivity contribution in [3.8, 4) is 0 Å². The third-order valence-electron chi connectivity index (χ3n) is 3.80. The normalized spacial score (nSPS) is 12.0. The van der Waals surface area contributed by atoms with Gasteiger partial charge in [0.25, 0.3) is 5.91 Å². The van der Waals surface area contributed by atoms with E-state index in [9.17, 15) is 9.59 Å². The first-order valence-corrected chi connectivity index (χ1v) is 7.61. The average Bonchev–Trinajstić information content (AvgIpc) is 2.97. The molecule has 1 N–H and O–H groups in total. The molecular weight excluding hydrogens is 318 g/mol. The fourth-order valence-electron chi connectivity index (χ4n) is 2.32. The van der Waals surface area contributed by atoms with Gasteiger partial charge in [-0.3, -0.25) is 4.79 Å². The number of nitrogens with zero attached hydrogens (tertiary/aromatic N) is 1. The van der Waals surface area contributed by atoms with Gasteiger partial charge in [-0.05, 0) is 24.6 Å². The summed E-state index contributed by atoms with van der Waals surface area (Å²) in [5, 5.41) is 9.74. The summed E-state index contributed by atoms with van der Waals surface area (Å²) in [6.07, 6.45) is 0.405. The van der Waals surface area contributed by atoms with Gasteiger partial charge >= 0.3 is 5.97 Å². The van der Waals surface area contributed by atoms with Crippen LogP contribution in [-0.2, 0) is 6.42 Å². The summed E-state index contributed by atoms with van der Waals surface area (Å²) < 4.78 is 5.42. The van der Waals surface area contributed by atoms with E-state index in [1.807, 2.05) is 19.1 Å². The minimum atomic E-state index is -1.10. The molecule has 0 saturated heterocycles. The molecule has 1 atom stereocenters. The number of rotatable bonds is 5. The van der Waals surface area contributed by atoms with Crippen LogP contribution in [0.15, 0.2) is 34.7 Å². The number of carboxylic acid groups (broad SMARTS) is 1. The number of carbonyl (C=O) groups excluding carboxylic acids is 1. The van der Waals surface area contributed by atoms with E-state index in [2.05, 4.69) is 0 Å². The third kappa shape index (κ3) is 3.56. The molecule has 5 nitrogen and oxygen atoms in total. The quantitative estimate of drug-likeness (QED) is 0.895. The van der Waals surface area contributed by atoms with Gasteiger partial charge < -0.3 is 14.4 Å². The van der Waals surface area contributed by atoms with Crippen molar-refractivity contribution in [1.29, 1.82) is 0 Å². The van der Waals surface area contributed by atoms with Crippen LogP contribution in [0.4, 0.5) is 0 Å². The van der Waals surface area contributed by atoms with Crippen molar-refractivity contribution >= 4 is 23.5 Å². The van der Waals surface area contributed by atoms with Crippen molar-refractivity contribution in [2.75, 3.05) is 7.05 Å². The van der Waals surface area contributed by atoms with Crippen molar-refractivity contribution in [2.45, 2.75) is 26.3 Å². The Bertz CT molecular complexity index is 738. The van der Waals surface area contributed by atoms with Crippen molar-refractivity contribution in [1.82, 2.24) is 4.90 Å². The maximum Gasteiger partial charge on any atom is 0.339 e. The van der Waals surface area contributed by atoms with Gasteiger partial charge in [-0.1, -0.05) is 30.7 Å². The first-order chi connectivity index (χ1) is 10.8. The Morgan fingerprint density at radius 1 is 1.35 bits per heavy atom.